The fourth-order valence-electron chi connectivity index (χ4n) is 3.99. The standard InChI is InChI=1S/C24H16ClF3N6/c1-34(23-21-18(31-13-32-23)8-4-10-30-21)22(24(26,27)28)16-11-14-5-2-7-17(25)20(14)33-19(16)15-6-3-9-29-12-15/h2-13,22H,1H3/t22-/m1/s1. The molecule has 0 bridgehead atoms. The van der Waals surface area contributed by atoms with Crippen LogP contribution in [0.4, 0.5) is 19.0 Å². The molecule has 5 aromatic rings. The van der Waals surface area contributed by atoms with Crippen molar-refractivity contribution in [2.24, 2.45) is 0 Å². The third-order valence-electron chi connectivity index (χ3n) is 5.46. The summed E-state index contributed by atoms with van der Waals surface area (Å²) in [5, 5.41) is 0.834. The Bertz CT molecular complexity index is 1490. The van der Waals surface area contributed by atoms with Crippen LogP contribution in [0, 0.1) is 0 Å². The van der Waals surface area contributed by atoms with Gasteiger partial charge in [-0.25, -0.2) is 15.0 Å². The number of hydrogen-bond donors (Lipinski definition) is 0. The zero-order chi connectivity index (χ0) is 23.9. The van der Waals surface area contributed by atoms with E-state index in [1.54, 1.807) is 48.7 Å². The number of hydrogen-bond acceptors (Lipinski definition) is 6. The van der Waals surface area contributed by atoms with Gasteiger partial charge in [0, 0.05) is 42.2 Å². The normalized spacial score (nSPS) is 12.7. The summed E-state index contributed by atoms with van der Waals surface area (Å²) in [6.07, 6.45) is 1.06. The van der Waals surface area contributed by atoms with E-state index in [2.05, 4.69) is 24.9 Å². The minimum Gasteiger partial charge on any atom is -0.342 e. The van der Waals surface area contributed by atoms with E-state index < -0.39 is 12.2 Å². The molecule has 0 unspecified atom stereocenters. The molecule has 34 heavy (non-hydrogen) atoms. The molecule has 10 heteroatoms. The highest BCUT2D eigenvalue weighted by molar-refractivity contribution is 6.35. The molecule has 0 spiro atoms. The molecule has 170 valence electrons. The number of alkyl halides is 3. The van der Waals surface area contributed by atoms with Gasteiger partial charge in [0.1, 0.15) is 11.8 Å². The first-order valence-corrected chi connectivity index (χ1v) is 10.6. The summed E-state index contributed by atoms with van der Waals surface area (Å²) >= 11 is 6.33. The van der Waals surface area contributed by atoms with Crippen molar-refractivity contribution < 1.29 is 13.2 Å². The molecular weight excluding hydrogens is 465 g/mol. The van der Waals surface area contributed by atoms with Crippen molar-refractivity contribution in [3.05, 3.63) is 84.0 Å². The average molecular weight is 481 g/mol. The van der Waals surface area contributed by atoms with Gasteiger partial charge in [-0.2, -0.15) is 13.2 Å². The first-order chi connectivity index (χ1) is 16.3. The lowest BCUT2D eigenvalue weighted by Gasteiger charge is -2.32. The first kappa shape index (κ1) is 22.0. The van der Waals surface area contributed by atoms with Crippen LogP contribution in [0.25, 0.3) is 33.2 Å². The number of benzene rings is 1. The molecule has 1 aromatic carbocycles. The summed E-state index contributed by atoms with van der Waals surface area (Å²) in [5.41, 5.74) is 1.63. The van der Waals surface area contributed by atoms with E-state index in [4.69, 9.17) is 11.6 Å². The van der Waals surface area contributed by atoms with E-state index >= 15 is 0 Å². The van der Waals surface area contributed by atoms with Crippen LogP contribution in [0.5, 0.6) is 0 Å². The van der Waals surface area contributed by atoms with E-state index in [0.717, 1.165) is 4.90 Å². The van der Waals surface area contributed by atoms with Gasteiger partial charge in [0.05, 0.1) is 21.7 Å². The third kappa shape index (κ3) is 3.88. The average Bonchev–Trinajstić information content (AvgIpc) is 2.83. The SMILES string of the molecule is CN(c1ncnc2cccnc12)[C@H](c1cc2cccc(Cl)c2nc1-c1cccnc1)C(F)(F)F. The molecule has 0 aliphatic carbocycles. The minimum absolute atomic E-state index is 0.0521. The Morgan fingerprint density at radius 2 is 1.76 bits per heavy atom. The molecule has 0 saturated heterocycles. The highest BCUT2D eigenvalue weighted by Crippen LogP contribution is 2.44. The maximum absolute atomic E-state index is 14.7. The molecule has 0 saturated carbocycles. The summed E-state index contributed by atoms with van der Waals surface area (Å²) in [6, 6.07) is 11.0. The monoisotopic (exact) mass is 480 g/mol. The molecule has 4 aromatic heterocycles. The summed E-state index contributed by atoms with van der Waals surface area (Å²) in [4.78, 5) is 22.2. The molecule has 0 radical (unpaired) electrons. The molecule has 5 rings (SSSR count). The highest BCUT2D eigenvalue weighted by Gasteiger charge is 2.46. The second kappa shape index (κ2) is 8.49. The van der Waals surface area contributed by atoms with Crippen LogP contribution in [0.1, 0.15) is 11.6 Å². The molecule has 0 aliphatic rings. The number of para-hydroxylation sites is 1. The Kier molecular flexibility index (Phi) is 5.49. The zero-order valence-corrected chi connectivity index (χ0v) is 18.5. The second-order valence-electron chi connectivity index (χ2n) is 7.60. The Morgan fingerprint density at radius 3 is 2.53 bits per heavy atom. The quantitative estimate of drug-likeness (QED) is 0.313. The molecule has 0 fully saturated rings. The van der Waals surface area contributed by atoms with Gasteiger partial charge in [-0.1, -0.05) is 23.7 Å². The van der Waals surface area contributed by atoms with Gasteiger partial charge < -0.3 is 4.90 Å². The minimum atomic E-state index is -4.67. The number of anilines is 1. The number of aromatic nitrogens is 5. The number of nitrogens with zero attached hydrogens (tertiary/aromatic N) is 6. The van der Waals surface area contributed by atoms with Crippen LogP contribution in [0.15, 0.2) is 73.4 Å². The fraction of sp³-hybridized carbons (Fsp3) is 0.125. The van der Waals surface area contributed by atoms with Gasteiger partial charge in [-0.15, -0.1) is 0 Å². The smallest absolute Gasteiger partial charge is 0.342 e. The van der Waals surface area contributed by atoms with Crippen LogP contribution in [0.2, 0.25) is 5.02 Å². The number of rotatable bonds is 4. The summed E-state index contributed by atoms with van der Waals surface area (Å²) < 4.78 is 44.2. The summed E-state index contributed by atoms with van der Waals surface area (Å²) in [5.74, 6) is 0.0521. The second-order valence-corrected chi connectivity index (χ2v) is 8.01. The zero-order valence-electron chi connectivity index (χ0n) is 17.7. The lowest BCUT2D eigenvalue weighted by Crippen LogP contribution is -2.37. The van der Waals surface area contributed by atoms with Crippen LogP contribution in [-0.4, -0.2) is 38.1 Å². The third-order valence-corrected chi connectivity index (χ3v) is 5.77. The van der Waals surface area contributed by atoms with Crippen molar-refractivity contribution in [2.45, 2.75) is 12.2 Å². The molecular formula is C24H16ClF3N6. The van der Waals surface area contributed by atoms with E-state index in [1.165, 1.54) is 31.8 Å². The van der Waals surface area contributed by atoms with Crippen molar-refractivity contribution in [3.63, 3.8) is 0 Å². The van der Waals surface area contributed by atoms with Gasteiger partial charge in [0.25, 0.3) is 0 Å². The van der Waals surface area contributed by atoms with Crippen LogP contribution >= 0.6 is 11.6 Å². The highest BCUT2D eigenvalue weighted by atomic mass is 35.5. The molecule has 1 atom stereocenters. The number of fused-ring (bicyclic) bond motifs is 2. The number of pyridine rings is 3. The molecule has 0 N–H and O–H groups in total. The van der Waals surface area contributed by atoms with Gasteiger partial charge in [0.15, 0.2) is 11.9 Å². The van der Waals surface area contributed by atoms with E-state index in [-0.39, 0.29) is 22.6 Å². The Balaban J connectivity index is 1.79. The number of halogens is 4. The molecule has 6 nitrogen and oxygen atoms in total. The maximum atomic E-state index is 14.7. The van der Waals surface area contributed by atoms with Crippen molar-refractivity contribution in [1.82, 2.24) is 24.9 Å². The predicted molar refractivity (Wildman–Crippen MR) is 125 cm³/mol. The van der Waals surface area contributed by atoms with Crippen LogP contribution in [0.3, 0.4) is 0 Å². The lowest BCUT2D eigenvalue weighted by molar-refractivity contribution is -0.149. The molecule has 0 amide bonds. The van der Waals surface area contributed by atoms with Crippen molar-refractivity contribution in [1.29, 1.82) is 0 Å². The van der Waals surface area contributed by atoms with E-state index in [1.807, 2.05) is 0 Å². The van der Waals surface area contributed by atoms with E-state index in [9.17, 15) is 13.2 Å². The Hall–Kier alpha value is -3.85. The van der Waals surface area contributed by atoms with Crippen molar-refractivity contribution >= 4 is 39.4 Å². The first-order valence-electron chi connectivity index (χ1n) is 10.2. The topological polar surface area (TPSA) is 67.7 Å². The van der Waals surface area contributed by atoms with Gasteiger partial charge in [-0.3, -0.25) is 9.97 Å². The van der Waals surface area contributed by atoms with E-state index in [0.29, 0.717) is 27.0 Å². The summed E-state index contributed by atoms with van der Waals surface area (Å²) in [7, 11) is 1.34. The lowest BCUT2D eigenvalue weighted by atomic mass is 9.97. The van der Waals surface area contributed by atoms with Crippen LogP contribution in [-0.2, 0) is 0 Å². The molecule has 0 aliphatic heterocycles. The molecule has 4 heterocycles. The van der Waals surface area contributed by atoms with Gasteiger partial charge in [-0.05, 0) is 36.4 Å². The van der Waals surface area contributed by atoms with Crippen molar-refractivity contribution in [2.75, 3.05) is 11.9 Å². The van der Waals surface area contributed by atoms with Gasteiger partial charge in [0.2, 0.25) is 0 Å². The van der Waals surface area contributed by atoms with Crippen LogP contribution < -0.4 is 4.90 Å². The summed E-state index contributed by atoms with van der Waals surface area (Å²) in [6.45, 7) is 0. The maximum Gasteiger partial charge on any atom is 0.413 e. The predicted octanol–water partition coefficient (Wildman–Crippen LogP) is 6.03. The van der Waals surface area contributed by atoms with Gasteiger partial charge >= 0.3 is 6.18 Å². The van der Waals surface area contributed by atoms with Crippen molar-refractivity contribution in [3.8, 4) is 11.3 Å². The Morgan fingerprint density at radius 1 is 0.941 bits per heavy atom. The Labute approximate surface area is 197 Å². The fourth-order valence-corrected chi connectivity index (χ4v) is 4.21. The largest absolute Gasteiger partial charge is 0.413 e.